The Hall–Kier alpha value is -1.38. The van der Waals surface area contributed by atoms with Gasteiger partial charge in [-0.15, -0.1) is 0 Å². The molecule has 0 saturated carbocycles. The van der Waals surface area contributed by atoms with Gasteiger partial charge in [0.2, 0.25) is 0 Å². The summed E-state index contributed by atoms with van der Waals surface area (Å²) in [6, 6.07) is 8.97. The number of pyridine rings is 1. The van der Waals surface area contributed by atoms with Crippen molar-refractivity contribution in [1.29, 1.82) is 0 Å². The van der Waals surface area contributed by atoms with E-state index >= 15 is 0 Å². The quantitative estimate of drug-likeness (QED) is 0.841. The van der Waals surface area contributed by atoms with Gasteiger partial charge in [0.25, 0.3) is 0 Å². The smallest absolute Gasteiger partial charge is 0.0622 e. The van der Waals surface area contributed by atoms with E-state index in [9.17, 15) is 0 Å². The summed E-state index contributed by atoms with van der Waals surface area (Å²) in [5.41, 5.74) is 5.12. The van der Waals surface area contributed by atoms with Crippen molar-refractivity contribution in [3.63, 3.8) is 0 Å². The number of hydrogen-bond acceptors (Lipinski definition) is 2. The Morgan fingerprint density at radius 2 is 2.00 bits per heavy atom. The maximum Gasteiger partial charge on any atom is 0.0622 e. The van der Waals surface area contributed by atoms with Crippen LogP contribution in [0.25, 0.3) is 0 Å². The number of nitrogens with zero attached hydrogens (tertiary/aromatic N) is 1. The van der Waals surface area contributed by atoms with Gasteiger partial charge >= 0.3 is 0 Å². The molecule has 1 aromatic heterocycles. The first-order valence-electron chi connectivity index (χ1n) is 7.50. The molecule has 0 amide bonds. The predicted octanol–water partition coefficient (Wildman–Crippen LogP) is 4.64. The van der Waals surface area contributed by atoms with Crippen LogP contribution in [0.5, 0.6) is 0 Å². The van der Waals surface area contributed by atoms with E-state index in [0.29, 0.717) is 0 Å². The molecule has 112 valence electrons. The molecule has 0 aliphatic rings. The van der Waals surface area contributed by atoms with Gasteiger partial charge in [-0.25, -0.2) is 0 Å². The first-order chi connectivity index (χ1) is 10.1. The van der Waals surface area contributed by atoms with Gasteiger partial charge in [0, 0.05) is 18.4 Å². The van der Waals surface area contributed by atoms with Crippen molar-refractivity contribution in [3.05, 3.63) is 63.9 Å². The van der Waals surface area contributed by atoms with Gasteiger partial charge in [-0.1, -0.05) is 36.7 Å². The van der Waals surface area contributed by atoms with Crippen LogP contribution in [-0.2, 0) is 6.42 Å². The molecule has 0 aliphatic carbocycles. The molecule has 0 aliphatic heterocycles. The minimum absolute atomic E-state index is 0.282. The molecule has 2 aromatic rings. The first kappa shape index (κ1) is 16.0. The Morgan fingerprint density at radius 3 is 2.67 bits per heavy atom. The lowest BCUT2D eigenvalue weighted by Crippen LogP contribution is -2.24. The molecular weight excluding hydrogens is 280 g/mol. The zero-order valence-electron chi connectivity index (χ0n) is 13.0. The fraction of sp³-hybridized carbons (Fsp3) is 0.389. The maximum atomic E-state index is 6.26. The lowest BCUT2D eigenvalue weighted by molar-refractivity contribution is 0.529. The summed E-state index contributed by atoms with van der Waals surface area (Å²) in [7, 11) is 0. The van der Waals surface area contributed by atoms with Crippen LogP contribution in [0.4, 0.5) is 0 Å². The van der Waals surface area contributed by atoms with E-state index in [1.165, 1.54) is 16.7 Å². The van der Waals surface area contributed by atoms with Crippen LogP contribution in [0, 0.1) is 13.8 Å². The molecule has 0 spiro atoms. The molecule has 2 nitrogen and oxygen atoms in total. The summed E-state index contributed by atoms with van der Waals surface area (Å²) in [6.07, 6.45) is 5.52. The van der Waals surface area contributed by atoms with E-state index in [2.05, 4.69) is 49.3 Å². The van der Waals surface area contributed by atoms with E-state index in [1.54, 1.807) is 12.4 Å². The topological polar surface area (TPSA) is 24.9 Å². The molecule has 1 atom stereocenters. The van der Waals surface area contributed by atoms with Crippen molar-refractivity contribution in [2.24, 2.45) is 0 Å². The highest BCUT2D eigenvalue weighted by Crippen LogP contribution is 2.24. The molecule has 2 rings (SSSR count). The van der Waals surface area contributed by atoms with Crippen LogP contribution in [-0.4, -0.2) is 11.5 Å². The van der Waals surface area contributed by atoms with E-state index < -0.39 is 0 Å². The fourth-order valence-corrected chi connectivity index (χ4v) is 2.59. The third-order valence-corrected chi connectivity index (χ3v) is 4.19. The van der Waals surface area contributed by atoms with Crippen molar-refractivity contribution in [2.45, 2.75) is 39.7 Å². The summed E-state index contributed by atoms with van der Waals surface area (Å²) in [5.74, 6) is 0. The van der Waals surface area contributed by atoms with Crippen molar-refractivity contribution < 1.29 is 0 Å². The van der Waals surface area contributed by atoms with Crippen molar-refractivity contribution in [2.75, 3.05) is 6.54 Å². The minimum Gasteiger partial charge on any atom is -0.310 e. The summed E-state index contributed by atoms with van der Waals surface area (Å²) < 4.78 is 0. The first-order valence-corrected chi connectivity index (χ1v) is 7.88. The van der Waals surface area contributed by atoms with Crippen LogP contribution >= 0.6 is 11.6 Å². The minimum atomic E-state index is 0.282. The second-order valence-electron chi connectivity index (χ2n) is 5.52. The Labute approximate surface area is 132 Å². The molecule has 1 unspecified atom stereocenters. The number of nitrogens with one attached hydrogen (secondary N) is 1. The highest BCUT2D eigenvalue weighted by Gasteiger charge is 2.14. The summed E-state index contributed by atoms with van der Waals surface area (Å²) in [6.45, 7) is 7.49. The van der Waals surface area contributed by atoms with Gasteiger partial charge < -0.3 is 5.32 Å². The molecule has 0 bridgehead atoms. The Balaban J connectivity index is 2.25. The maximum absolute atomic E-state index is 6.26. The van der Waals surface area contributed by atoms with Crippen LogP contribution in [0.15, 0.2) is 36.7 Å². The lowest BCUT2D eigenvalue weighted by atomic mass is 9.96. The molecule has 0 fully saturated rings. The van der Waals surface area contributed by atoms with Crippen molar-refractivity contribution in [1.82, 2.24) is 10.3 Å². The van der Waals surface area contributed by atoms with Gasteiger partial charge in [0.1, 0.15) is 0 Å². The fourth-order valence-electron chi connectivity index (χ4n) is 2.40. The number of aryl methyl sites for hydroxylation is 2. The average molecular weight is 303 g/mol. The predicted molar refractivity (Wildman–Crippen MR) is 89.9 cm³/mol. The van der Waals surface area contributed by atoms with Crippen LogP contribution in [0.1, 0.15) is 41.6 Å². The van der Waals surface area contributed by atoms with E-state index in [-0.39, 0.29) is 6.04 Å². The Bertz CT molecular complexity index is 596. The number of aromatic nitrogens is 1. The number of halogens is 1. The third-order valence-electron chi connectivity index (χ3n) is 3.85. The third kappa shape index (κ3) is 4.29. The molecule has 3 heteroatoms. The van der Waals surface area contributed by atoms with E-state index in [0.717, 1.165) is 30.0 Å². The van der Waals surface area contributed by atoms with Crippen LogP contribution in [0.3, 0.4) is 0 Å². The summed E-state index contributed by atoms with van der Waals surface area (Å²) in [5, 5.41) is 4.37. The normalized spacial score (nSPS) is 12.4. The van der Waals surface area contributed by atoms with Crippen molar-refractivity contribution in [3.8, 4) is 0 Å². The standard InChI is InChI=1S/C18H23ClN2/c1-4-8-21-18(11-15-7-9-20-12-17(15)19)16-6-5-13(2)14(3)10-16/h5-7,9-10,12,18,21H,4,8,11H2,1-3H3. The van der Waals surface area contributed by atoms with E-state index in [4.69, 9.17) is 11.6 Å². The molecule has 1 aromatic carbocycles. The number of rotatable bonds is 6. The zero-order valence-corrected chi connectivity index (χ0v) is 13.7. The lowest BCUT2D eigenvalue weighted by Gasteiger charge is -2.20. The Morgan fingerprint density at radius 1 is 1.19 bits per heavy atom. The van der Waals surface area contributed by atoms with Gasteiger partial charge in [-0.05, 0) is 61.6 Å². The summed E-state index contributed by atoms with van der Waals surface area (Å²) in [4.78, 5) is 4.06. The van der Waals surface area contributed by atoms with Gasteiger partial charge in [-0.3, -0.25) is 4.98 Å². The second-order valence-corrected chi connectivity index (χ2v) is 5.93. The van der Waals surface area contributed by atoms with E-state index in [1.807, 2.05) is 6.07 Å². The van der Waals surface area contributed by atoms with Crippen molar-refractivity contribution >= 4 is 11.6 Å². The summed E-state index contributed by atoms with van der Waals surface area (Å²) >= 11 is 6.26. The highest BCUT2D eigenvalue weighted by atomic mass is 35.5. The molecular formula is C18H23ClN2. The van der Waals surface area contributed by atoms with Crippen LogP contribution in [0.2, 0.25) is 5.02 Å². The monoisotopic (exact) mass is 302 g/mol. The molecule has 1 heterocycles. The van der Waals surface area contributed by atoms with Gasteiger partial charge in [-0.2, -0.15) is 0 Å². The molecule has 1 N–H and O–H groups in total. The molecule has 21 heavy (non-hydrogen) atoms. The molecule has 0 saturated heterocycles. The number of benzene rings is 1. The average Bonchev–Trinajstić information content (AvgIpc) is 2.48. The highest BCUT2D eigenvalue weighted by molar-refractivity contribution is 6.31. The second kappa shape index (κ2) is 7.58. The van der Waals surface area contributed by atoms with Gasteiger partial charge in [0.05, 0.1) is 5.02 Å². The number of hydrogen-bond donors (Lipinski definition) is 1. The molecule has 0 radical (unpaired) electrons. The SMILES string of the molecule is CCCNC(Cc1ccncc1Cl)c1ccc(C)c(C)c1. The van der Waals surface area contributed by atoms with Gasteiger partial charge in [0.15, 0.2) is 0 Å². The Kier molecular flexibility index (Phi) is 5.77. The zero-order chi connectivity index (χ0) is 15.2. The largest absolute Gasteiger partial charge is 0.310 e. The van der Waals surface area contributed by atoms with Crippen LogP contribution < -0.4 is 5.32 Å².